The van der Waals surface area contributed by atoms with Crippen LogP contribution in [0.4, 0.5) is 5.69 Å². The average molecular weight is 222 g/mol. The van der Waals surface area contributed by atoms with E-state index in [1.807, 2.05) is 30.3 Å². The quantitative estimate of drug-likeness (QED) is 0.587. The summed E-state index contributed by atoms with van der Waals surface area (Å²) in [7, 11) is 0. The molecular formula is C12H18N2O2. The molecule has 88 valence electrons. The van der Waals surface area contributed by atoms with Crippen molar-refractivity contribution in [3.05, 3.63) is 30.3 Å². The van der Waals surface area contributed by atoms with Gasteiger partial charge in [0.15, 0.2) is 0 Å². The molecule has 16 heavy (non-hydrogen) atoms. The fourth-order valence-electron chi connectivity index (χ4n) is 1.98. The Balaban J connectivity index is 1.73. The molecule has 1 aromatic carbocycles. The molecule has 0 saturated carbocycles. The lowest BCUT2D eigenvalue weighted by Crippen LogP contribution is -2.34. The van der Waals surface area contributed by atoms with E-state index in [2.05, 4.69) is 10.6 Å². The predicted octanol–water partition coefficient (Wildman–Crippen LogP) is 0.182. The van der Waals surface area contributed by atoms with Crippen LogP contribution in [0.15, 0.2) is 30.3 Å². The minimum Gasteiger partial charge on any atom is -0.389 e. The van der Waals surface area contributed by atoms with Gasteiger partial charge in [-0.05, 0) is 18.6 Å². The molecule has 0 radical (unpaired) electrons. The maximum atomic E-state index is 9.61. The molecule has 0 unspecified atom stereocenters. The predicted molar refractivity (Wildman–Crippen MR) is 63.4 cm³/mol. The van der Waals surface area contributed by atoms with Crippen molar-refractivity contribution in [3.8, 4) is 0 Å². The molecule has 1 heterocycles. The highest BCUT2D eigenvalue weighted by Crippen LogP contribution is 2.12. The van der Waals surface area contributed by atoms with Crippen LogP contribution >= 0.6 is 0 Å². The van der Waals surface area contributed by atoms with Gasteiger partial charge < -0.3 is 20.8 Å². The molecule has 0 bridgehead atoms. The largest absolute Gasteiger partial charge is 0.389 e. The molecular weight excluding hydrogens is 204 g/mol. The van der Waals surface area contributed by atoms with Crippen molar-refractivity contribution in [1.82, 2.24) is 5.32 Å². The maximum absolute atomic E-state index is 9.61. The van der Waals surface area contributed by atoms with Gasteiger partial charge in [0.2, 0.25) is 0 Å². The summed E-state index contributed by atoms with van der Waals surface area (Å²) in [6.07, 6.45) is -0.466. The zero-order chi connectivity index (χ0) is 11.4. The molecule has 0 aromatic heterocycles. The fraction of sp³-hybridized carbons (Fsp3) is 0.500. The third-order valence-corrected chi connectivity index (χ3v) is 2.95. The fourth-order valence-corrected chi connectivity index (χ4v) is 1.98. The summed E-state index contributed by atoms with van der Waals surface area (Å²) in [5.74, 6) is 0. The zero-order valence-corrected chi connectivity index (χ0v) is 9.13. The molecule has 4 nitrogen and oxygen atoms in total. The van der Waals surface area contributed by atoms with Crippen LogP contribution in [-0.2, 0) is 0 Å². The van der Waals surface area contributed by atoms with Gasteiger partial charge in [-0.2, -0.15) is 0 Å². The number of β-amino-alcohol motifs (C(OH)–C–C–N with tert-alkyl or cyclic N) is 1. The third-order valence-electron chi connectivity index (χ3n) is 2.95. The third kappa shape index (κ3) is 2.72. The molecule has 1 aliphatic rings. The highest BCUT2D eigenvalue weighted by atomic mass is 16.3. The molecule has 1 saturated heterocycles. The van der Waals surface area contributed by atoms with Crippen LogP contribution in [-0.4, -0.2) is 41.6 Å². The number of nitrogens with one attached hydrogen (secondary N) is 2. The van der Waals surface area contributed by atoms with E-state index in [-0.39, 0.29) is 6.04 Å². The first-order valence-corrected chi connectivity index (χ1v) is 5.66. The van der Waals surface area contributed by atoms with Gasteiger partial charge in [0.1, 0.15) is 0 Å². The minimum absolute atomic E-state index is 0.00814. The summed E-state index contributed by atoms with van der Waals surface area (Å²) in [5.41, 5.74) is 1.08. The van der Waals surface area contributed by atoms with Crippen molar-refractivity contribution in [2.24, 2.45) is 0 Å². The lowest BCUT2D eigenvalue weighted by Gasteiger charge is -2.16. The van der Waals surface area contributed by atoms with Crippen LogP contribution in [0.2, 0.25) is 0 Å². The lowest BCUT2D eigenvalue weighted by molar-refractivity contribution is 0.0399. The van der Waals surface area contributed by atoms with Crippen LogP contribution in [0.1, 0.15) is 6.42 Å². The molecule has 0 spiro atoms. The lowest BCUT2D eigenvalue weighted by atomic mass is 10.1. The van der Waals surface area contributed by atoms with E-state index in [0.29, 0.717) is 6.54 Å². The Morgan fingerprint density at radius 1 is 1.25 bits per heavy atom. The van der Waals surface area contributed by atoms with Gasteiger partial charge in [0, 0.05) is 24.8 Å². The van der Waals surface area contributed by atoms with E-state index in [9.17, 15) is 10.2 Å². The van der Waals surface area contributed by atoms with Crippen molar-refractivity contribution in [2.45, 2.75) is 24.7 Å². The van der Waals surface area contributed by atoms with Gasteiger partial charge in [-0.15, -0.1) is 0 Å². The van der Waals surface area contributed by atoms with E-state index >= 15 is 0 Å². The van der Waals surface area contributed by atoms with Gasteiger partial charge in [-0.1, -0.05) is 18.2 Å². The van der Waals surface area contributed by atoms with Gasteiger partial charge in [0.25, 0.3) is 0 Å². The Hall–Kier alpha value is -1.10. The first-order chi connectivity index (χ1) is 7.77. The summed E-state index contributed by atoms with van der Waals surface area (Å²) < 4.78 is 0. The van der Waals surface area contributed by atoms with Crippen LogP contribution in [0.25, 0.3) is 0 Å². The van der Waals surface area contributed by atoms with Crippen molar-refractivity contribution in [1.29, 1.82) is 0 Å². The number of para-hydroxylation sites is 1. The average Bonchev–Trinajstić information content (AvgIpc) is 2.62. The zero-order valence-electron chi connectivity index (χ0n) is 9.13. The molecule has 3 atom stereocenters. The number of aliphatic hydroxyl groups excluding tert-OH is 2. The van der Waals surface area contributed by atoms with E-state index in [1.54, 1.807) is 0 Å². The van der Waals surface area contributed by atoms with Gasteiger partial charge in [-0.25, -0.2) is 0 Å². The highest BCUT2D eigenvalue weighted by Gasteiger charge is 2.32. The summed E-state index contributed by atoms with van der Waals surface area (Å²) in [4.78, 5) is 0. The Bertz CT molecular complexity index is 318. The van der Waals surface area contributed by atoms with Crippen LogP contribution in [0.5, 0.6) is 0 Å². The number of benzene rings is 1. The summed E-state index contributed by atoms with van der Waals surface area (Å²) in [6, 6.07) is 9.94. The molecule has 1 aliphatic heterocycles. The van der Waals surface area contributed by atoms with E-state index in [1.165, 1.54) is 0 Å². The molecule has 4 heteroatoms. The van der Waals surface area contributed by atoms with Crippen LogP contribution < -0.4 is 10.6 Å². The van der Waals surface area contributed by atoms with Crippen molar-refractivity contribution in [3.63, 3.8) is 0 Å². The second-order valence-corrected chi connectivity index (χ2v) is 4.15. The second-order valence-electron chi connectivity index (χ2n) is 4.15. The van der Waals surface area contributed by atoms with Gasteiger partial charge >= 0.3 is 0 Å². The number of hydrogen-bond acceptors (Lipinski definition) is 4. The topological polar surface area (TPSA) is 64.5 Å². The first-order valence-electron chi connectivity index (χ1n) is 5.66. The van der Waals surface area contributed by atoms with Crippen LogP contribution in [0, 0.1) is 0 Å². The molecule has 1 fully saturated rings. The van der Waals surface area contributed by atoms with E-state index in [4.69, 9.17) is 0 Å². The smallest absolute Gasteiger partial charge is 0.0964 e. The standard InChI is InChI=1S/C12H18N2O2/c15-11-8-14-10(12(11)16)6-7-13-9-4-2-1-3-5-9/h1-5,10-16H,6-8H2/t10-,11-,12+/m1/s1. The van der Waals surface area contributed by atoms with Gasteiger partial charge in [0.05, 0.1) is 12.2 Å². The number of hydrogen-bond donors (Lipinski definition) is 4. The number of aliphatic hydroxyl groups is 2. The van der Waals surface area contributed by atoms with Crippen LogP contribution in [0.3, 0.4) is 0 Å². The number of anilines is 1. The summed E-state index contributed by atoms with van der Waals surface area (Å²) >= 11 is 0. The maximum Gasteiger partial charge on any atom is 0.0964 e. The Labute approximate surface area is 95.3 Å². The van der Waals surface area contributed by atoms with Crippen molar-refractivity contribution in [2.75, 3.05) is 18.4 Å². The van der Waals surface area contributed by atoms with Gasteiger partial charge in [-0.3, -0.25) is 0 Å². The normalized spacial score (nSPS) is 29.2. The molecule has 0 aliphatic carbocycles. The Morgan fingerprint density at radius 2 is 2.00 bits per heavy atom. The molecule has 0 amide bonds. The Morgan fingerprint density at radius 3 is 2.62 bits per heavy atom. The summed E-state index contributed by atoms with van der Waals surface area (Å²) in [5, 5.41) is 25.3. The molecule has 1 aromatic rings. The van der Waals surface area contributed by atoms with Crippen molar-refractivity contribution >= 4 is 5.69 Å². The molecule has 4 N–H and O–H groups in total. The van der Waals surface area contributed by atoms with E-state index < -0.39 is 12.2 Å². The SMILES string of the molecule is O[C@@H]1[C@H](O)CN[C@@H]1CCNc1ccccc1. The van der Waals surface area contributed by atoms with Crippen molar-refractivity contribution < 1.29 is 10.2 Å². The highest BCUT2D eigenvalue weighted by molar-refractivity contribution is 5.42. The van der Waals surface area contributed by atoms with E-state index in [0.717, 1.165) is 18.7 Å². The monoisotopic (exact) mass is 222 g/mol. The molecule has 2 rings (SSSR count). The number of rotatable bonds is 4. The second kappa shape index (κ2) is 5.30. The summed E-state index contributed by atoms with van der Waals surface area (Å²) in [6.45, 7) is 1.27. The Kier molecular flexibility index (Phi) is 3.77. The minimum atomic E-state index is -0.641. The first kappa shape index (κ1) is 11.4.